The monoisotopic (exact) mass is 318 g/mol. The molecule has 0 aromatic heterocycles. The first-order valence-corrected chi connectivity index (χ1v) is 9.75. The summed E-state index contributed by atoms with van der Waals surface area (Å²) in [4.78, 5) is 26.9. The second-order valence-electron chi connectivity index (χ2n) is 8.46. The highest BCUT2D eigenvalue weighted by molar-refractivity contribution is 5.88. The number of nitrogens with one attached hydrogen (secondary N) is 1. The van der Waals surface area contributed by atoms with Crippen molar-refractivity contribution in [2.45, 2.75) is 76.8 Å². The molecule has 0 unspecified atom stereocenters. The smallest absolute Gasteiger partial charge is 0.243 e. The van der Waals surface area contributed by atoms with E-state index < -0.39 is 0 Å². The van der Waals surface area contributed by atoms with E-state index in [1.54, 1.807) is 0 Å². The summed E-state index contributed by atoms with van der Waals surface area (Å²) >= 11 is 0. The van der Waals surface area contributed by atoms with Crippen LogP contribution in [0.3, 0.4) is 0 Å². The highest BCUT2D eigenvalue weighted by atomic mass is 16.2. The maximum absolute atomic E-state index is 12.9. The normalized spacial score (nSPS) is 41.3. The van der Waals surface area contributed by atoms with Gasteiger partial charge in [0.15, 0.2) is 0 Å². The molecule has 1 aliphatic heterocycles. The van der Waals surface area contributed by atoms with Crippen molar-refractivity contribution in [1.29, 1.82) is 0 Å². The van der Waals surface area contributed by atoms with E-state index in [4.69, 9.17) is 0 Å². The highest BCUT2D eigenvalue weighted by Gasteiger charge is 2.49. The molecule has 1 heterocycles. The summed E-state index contributed by atoms with van der Waals surface area (Å²) in [5.74, 6) is 3.56. The Balaban J connectivity index is 1.40. The van der Waals surface area contributed by atoms with Crippen LogP contribution in [0.15, 0.2) is 0 Å². The van der Waals surface area contributed by atoms with Gasteiger partial charge in [-0.25, -0.2) is 0 Å². The first-order valence-electron chi connectivity index (χ1n) is 9.75. The lowest BCUT2D eigenvalue weighted by atomic mass is 9.54. The molecular weight excluding hydrogens is 288 g/mol. The van der Waals surface area contributed by atoms with E-state index in [9.17, 15) is 9.59 Å². The van der Waals surface area contributed by atoms with Gasteiger partial charge in [-0.15, -0.1) is 0 Å². The van der Waals surface area contributed by atoms with E-state index in [1.165, 1.54) is 32.1 Å². The molecule has 4 nitrogen and oxygen atoms in total. The van der Waals surface area contributed by atoms with Crippen molar-refractivity contribution in [1.82, 2.24) is 10.2 Å². The summed E-state index contributed by atoms with van der Waals surface area (Å²) < 4.78 is 0. The molecular formula is C19H30N2O2. The van der Waals surface area contributed by atoms with Crippen molar-refractivity contribution < 1.29 is 9.59 Å². The molecule has 1 atom stereocenters. The highest BCUT2D eigenvalue weighted by Crippen LogP contribution is 2.53. The molecule has 128 valence electrons. The Morgan fingerprint density at radius 1 is 1.04 bits per heavy atom. The second kappa shape index (κ2) is 6.10. The largest absolute Gasteiger partial charge is 0.351 e. The molecule has 0 aromatic rings. The maximum Gasteiger partial charge on any atom is 0.243 e. The van der Waals surface area contributed by atoms with E-state index in [-0.39, 0.29) is 17.9 Å². The van der Waals surface area contributed by atoms with E-state index in [2.05, 4.69) is 5.32 Å². The summed E-state index contributed by atoms with van der Waals surface area (Å²) in [7, 11) is 0. The molecule has 23 heavy (non-hydrogen) atoms. The lowest BCUT2D eigenvalue weighted by Gasteiger charge is -2.54. The number of hydrogen-bond donors (Lipinski definition) is 1. The molecule has 5 fully saturated rings. The Morgan fingerprint density at radius 2 is 1.70 bits per heavy atom. The predicted octanol–water partition coefficient (Wildman–Crippen LogP) is 2.72. The molecule has 4 heteroatoms. The molecule has 4 aliphatic carbocycles. The van der Waals surface area contributed by atoms with Gasteiger partial charge in [0.25, 0.3) is 0 Å². The standard InChI is InChI=1S/C19H30N2O2/c1-2-4-17(22)21-6-3-5-16(21)19(23)20-18-14-8-12-7-13(10-14)11-15(18)9-12/h12-16,18H,2-11H2,1H3,(H,20,23)/t12?,13?,14?,15?,16-,18?/m1/s1. The Morgan fingerprint density at radius 3 is 2.30 bits per heavy atom. The first-order chi connectivity index (χ1) is 11.2. The number of amides is 2. The maximum atomic E-state index is 12.9. The van der Waals surface area contributed by atoms with Gasteiger partial charge in [-0.1, -0.05) is 6.92 Å². The fourth-order valence-electron chi connectivity index (χ4n) is 6.12. The number of hydrogen-bond acceptors (Lipinski definition) is 2. The third-order valence-corrected chi connectivity index (χ3v) is 6.88. The lowest BCUT2D eigenvalue weighted by Crippen LogP contribution is -2.58. The van der Waals surface area contributed by atoms with E-state index in [0.29, 0.717) is 24.3 Å². The van der Waals surface area contributed by atoms with Crippen molar-refractivity contribution in [2.75, 3.05) is 6.54 Å². The van der Waals surface area contributed by atoms with Gasteiger partial charge < -0.3 is 10.2 Å². The predicted molar refractivity (Wildman–Crippen MR) is 88.6 cm³/mol. The summed E-state index contributed by atoms with van der Waals surface area (Å²) in [5.41, 5.74) is 0. The minimum Gasteiger partial charge on any atom is -0.351 e. The van der Waals surface area contributed by atoms with E-state index >= 15 is 0 Å². The minimum atomic E-state index is -0.203. The van der Waals surface area contributed by atoms with Gasteiger partial charge >= 0.3 is 0 Å². The van der Waals surface area contributed by atoms with E-state index in [1.807, 2.05) is 11.8 Å². The Hall–Kier alpha value is -1.06. The zero-order valence-electron chi connectivity index (χ0n) is 14.3. The number of nitrogens with zero attached hydrogens (tertiary/aromatic N) is 1. The fourth-order valence-corrected chi connectivity index (χ4v) is 6.12. The molecule has 4 bridgehead atoms. The zero-order chi connectivity index (χ0) is 16.0. The number of carbonyl (C=O) groups excluding carboxylic acids is 2. The van der Waals surface area contributed by atoms with Crippen LogP contribution in [0.1, 0.15) is 64.7 Å². The van der Waals surface area contributed by atoms with Gasteiger partial charge in [0, 0.05) is 19.0 Å². The molecule has 2 amide bonds. The van der Waals surface area contributed by atoms with Crippen molar-refractivity contribution in [3.05, 3.63) is 0 Å². The Kier molecular flexibility index (Phi) is 4.10. The summed E-state index contributed by atoms with van der Waals surface area (Å²) in [6.45, 7) is 2.79. The van der Waals surface area contributed by atoms with Crippen LogP contribution in [0.2, 0.25) is 0 Å². The van der Waals surface area contributed by atoms with Crippen LogP contribution in [-0.2, 0) is 9.59 Å². The minimum absolute atomic E-state index is 0.129. The molecule has 5 rings (SSSR count). The quantitative estimate of drug-likeness (QED) is 0.866. The summed E-state index contributed by atoms with van der Waals surface area (Å²) in [6.07, 6.45) is 9.96. The molecule has 5 aliphatic rings. The van der Waals surface area contributed by atoms with Gasteiger partial charge in [-0.05, 0) is 75.0 Å². The molecule has 0 aromatic carbocycles. The second-order valence-corrected chi connectivity index (χ2v) is 8.46. The first kappa shape index (κ1) is 15.5. The zero-order valence-corrected chi connectivity index (χ0v) is 14.3. The van der Waals surface area contributed by atoms with Gasteiger partial charge in [-0.3, -0.25) is 9.59 Å². The number of carbonyl (C=O) groups is 2. The summed E-state index contributed by atoms with van der Waals surface area (Å²) in [5, 5.41) is 3.40. The Labute approximate surface area is 139 Å². The molecule has 0 spiro atoms. The average Bonchev–Trinajstić information content (AvgIpc) is 3.00. The van der Waals surface area contributed by atoms with Crippen molar-refractivity contribution >= 4 is 11.8 Å². The molecule has 4 saturated carbocycles. The number of rotatable bonds is 4. The van der Waals surface area contributed by atoms with Crippen LogP contribution < -0.4 is 5.32 Å². The molecule has 1 N–H and O–H groups in total. The SMILES string of the molecule is CCCC(=O)N1CCC[C@@H]1C(=O)NC1C2CC3CC(C2)CC1C3. The van der Waals surface area contributed by atoms with E-state index in [0.717, 1.165) is 37.6 Å². The fraction of sp³-hybridized carbons (Fsp3) is 0.895. The van der Waals surface area contributed by atoms with Gasteiger partial charge in [0.05, 0.1) is 0 Å². The average molecular weight is 318 g/mol. The van der Waals surface area contributed by atoms with Crippen LogP contribution in [0.25, 0.3) is 0 Å². The van der Waals surface area contributed by atoms with Crippen LogP contribution in [-0.4, -0.2) is 35.3 Å². The van der Waals surface area contributed by atoms with Crippen LogP contribution in [0.4, 0.5) is 0 Å². The lowest BCUT2D eigenvalue weighted by molar-refractivity contribution is -0.140. The van der Waals surface area contributed by atoms with Gasteiger partial charge in [-0.2, -0.15) is 0 Å². The van der Waals surface area contributed by atoms with Gasteiger partial charge in [0.2, 0.25) is 11.8 Å². The van der Waals surface area contributed by atoms with Crippen molar-refractivity contribution in [3.8, 4) is 0 Å². The van der Waals surface area contributed by atoms with Crippen molar-refractivity contribution in [3.63, 3.8) is 0 Å². The van der Waals surface area contributed by atoms with Crippen LogP contribution in [0.5, 0.6) is 0 Å². The Bertz CT molecular complexity index is 462. The topological polar surface area (TPSA) is 49.4 Å². The van der Waals surface area contributed by atoms with Crippen LogP contribution >= 0.6 is 0 Å². The molecule has 0 radical (unpaired) electrons. The number of likely N-dealkylation sites (tertiary alicyclic amines) is 1. The van der Waals surface area contributed by atoms with Crippen LogP contribution in [0, 0.1) is 23.7 Å². The molecule has 1 saturated heterocycles. The third kappa shape index (κ3) is 2.78. The van der Waals surface area contributed by atoms with Gasteiger partial charge in [0.1, 0.15) is 6.04 Å². The van der Waals surface area contributed by atoms with Crippen molar-refractivity contribution in [2.24, 2.45) is 23.7 Å². The third-order valence-electron chi connectivity index (χ3n) is 6.88. The summed E-state index contributed by atoms with van der Waals surface area (Å²) in [6, 6.07) is 0.185.